The Kier molecular flexibility index (Phi) is 5.80. The zero-order valence-electron chi connectivity index (χ0n) is 14.6. The van der Waals surface area contributed by atoms with Crippen molar-refractivity contribution >= 4 is 17.2 Å². The number of pyridine rings is 1. The first-order chi connectivity index (χ1) is 12.7. The topological polar surface area (TPSA) is 73.3 Å². The van der Waals surface area contributed by atoms with Crippen molar-refractivity contribution < 1.29 is 14.3 Å². The van der Waals surface area contributed by atoms with Crippen molar-refractivity contribution in [2.24, 2.45) is 0 Å². The van der Waals surface area contributed by atoms with Crippen LogP contribution in [0.15, 0.2) is 48.0 Å². The van der Waals surface area contributed by atoms with Gasteiger partial charge >= 0.3 is 0 Å². The van der Waals surface area contributed by atoms with Crippen LogP contribution in [0.3, 0.4) is 0 Å². The number of carbonyl (C=O) groups is 1. The van der Waals surface area contributed by atoms with Crippen LogP contribution in [0.5, 0.6) is 11.5 Å². The third-order valence-electron chi connectivity index (χ3n) is 3.72. The molecule has 0 radical (unpaired) electrons. The second-order valence-electron chi connectivity index (χ2n) is 5.49. The van der Waals surface area contributed by atoms with Gasteiger partial charge in [0.1, 0.15) is 5.01 Å². The molecule has 1 amide bonds. The van der Waals surface area contributed by atoms with Gasteiger partial charge in [0.25, 0.3) is 0 Å². The van der Waals surface area contributed by atoms with Gasteiger partial charge in [-0.3, -0.25) is 9.78 Å². The third kappa shape index (κ3) is 4.37. The van der Waals surface area contributed by atoms with E-state index in [0.717, 1.165) is 22.0 Å². The fourth-order valence-corrected chi connectivity index (χ4v) is 3.23. The highest BCUT2D eigenvalue weighted by Crippen LogP contribution is 2.33. The van der Waals surface area contributed by atoms with Crippen molar-refractivity contribution in [3.05, 3.63) is 59.4 Å². The summed E-state index contributed by atoms with van der Waals surface area (Å²) in [4.78, 5) is 20.8. The first kappa shape index (κ1) is 17.9. The Labute approximate surface area is 155 Å². The Bertz CT molecular complexity index is 881. The average molecular weight is 369 g/mol. The Balaban J connectivity index is 1.63. The van der Waals surface area contributed by atoms with Crippen molar-refractivity contribution in [2.75, 3.05) is 14.2 Å². The van der Waals surface area contributed by atoms with Crippen LogP contribution >= 0.6 is 11.3 Å². The molecule has 134 valence electrons. The lowest BCUT2D eigenvalue weighted by Gasteiger charge is -2.08. The first-order valence-corrected chi connectivity index (χ1v) is 8.91. The Morgan fingerprint density at radius 3 is 2.69 bits per heavy atom. The summed E-state index contributed by atoms with van der Waals surface area (Å²) in [7, 11) is 3.20. The molecule has 1 aromatic carbocycles. The van der Waals surface area contributed by atoms with Gasteiger partial charge < -0.3 is 14.8 Å². The fourth-order valence-electron chi connectivity index (χ4n) is 2.41. The molecule has 2 aromatic heterocycles. The number of carbonyl (C=O) groups excluding carboxylic acids is 1. The molecule has 0 saturated carbocycles. The molecule has 0 spiro atoms. The zero-order chi connectivity index (χ0) is 18.4. The van der Waals surface area contributed by atoms with Crippen LogP contribution in [0.4, 0.5) is 0 Å². The zero-order valence-corrected chi connectivity index (χ0v) is 15.4. The van der Waals surface area contributed by atoms with E-state index in [0.29, 0.717) is 18.0 Å². The van der Waals surface area contributed by atoms with Crippen molar-refractivity contribution in [1.82, 2.24) is 15.3 Å². The second-order valence-corrected chi connectivity index (χ2v) is 6.35. The summed E-state index contributed by atoms with van der Waals surface area (Å²) in [6, 6.07) is 11.3. The lowest BCUT2D eigenvalue weighted by atomic mass is 10.2. The van der Waals surface area contributed by atoms with Crippen molar-refractivity contribution in [2.45, 2.75) is 13.0 Å². The summed E-state index contributed by atoms with van der Waals surface area (Å²) < 4.78 is 10.6. The standard InChI is InChI=1S/C19H19N3O3S/c1-24-16-7-6-13(9-17(16)25-2)19-22-15(12-26-19)10-18(23)21-11-14-5-3-4-8-20-14/h3-9,12H,10-11H2,1-2H3,(H,21,23). The number of nitrogens with one attached hydrogen (secondary N) is 1. The number of rotatable bonds is 7. The van der Waals surface area contributed by atoms with Crippen LogP contribution in [0.2, 0.25) is 0 Å². The highest BCUT2D eigenvalue weighted by atomic mass is 32.1. The lowest BCUT2D eigenvalue weighted by molar-refractivity contribution is -0.120. The highest BCUT2D eigenvalue weighted by Gasteiger charge is 2.11. The van der Waals surface area contributed by atoms with E-state index in [2.05, 4.69) is 15.3 Å². The molecule has 0 aliphatic heterocycles. The molecule has 7 heteroatoms. The number of hydrogen-bond donors (Lipinski definition) is 1. The van der Waals surface area contributed by atoms with Gasteiger partial charge in [0, 0.05) is 17.1 Å². The van der Waals surface area contributed by atoms with Gasteiger partial charge in [0.05, 0.1) is 38.6 Å². The van der Waals surface area contributed by atoms with Gasteiger partial charge in [-0.1, -0.05) is 6.07 Å². The molecular weight excluding hydrogens is 350 g/mol. The second kappa shape index (κ2) is 8.44. The summed E-state index contributed by atoms with van der Waals surface area (Å²) in [6.45, 7) is 0.409. The summed E-state index contributed by atoms with van der Waals surface area (Å²) in [5.74, 6) is 1.23. The van der Waals surface area contributed by atoms with Gasteiger partial charge in [0.15, 0.2) is 11.5 Å². The first-order valence-electron chi connectivity index (χ1n) is 8.03. The predicted octanol–water partition coefficient (Wildman–Crippen LogP) is 3.08. The summed E-state index contributed by atoms with van der Waals surface area (Å²) >= 11 is 1.49. The molecule has 0 bridgehead atoms. The monoisotopic (exact) mass is 369 g/mol. The summed E-state index contributed by atoms with van der Waals surface area (Å²) in [5.41, 5.74) is 2.48. The number of nitrogens with zero attached hydrogens (tertiary/aromatic N) is 2. The van der Waals surface area contributed by atoms with E-state index in [-0.39, 0.29) is 12.3 Å². The largest absolute Gasteiger partial charge is 0.493 e. The van der Waals surface area contributed by atoms with Crippen molar-refractivity contribution in [3.63, 3.8) is 0 Å². The van der Waals surface area contributed by atoms with E-state index in [4.69, 9.17) is 9.47 Å². The molecule has 0 atom stereocenters. The number of amides is 1. The van der Waals surface area contributed by atoms with Crippen LogP contribution in [-0.2, 0) is 17.8 Å². The molecule has 1 N–H and O–H groups in total. The molecule has 3 rings (SSSR count). The summed E-state index contributed by atoms with van der Waals surface area (Å²) in [6.07, 6.45) is 1.94. The minimum Gasteiger partial charge on any atom is -0.493 e. The number of hydrogen-bond acceptors (Lipinski definition) is 6. The van der Waals surface area contributed by atoms with Crippen LogP contribution in [-0.4, -0.2) is 30.1 Å². The molecule has 0 saturated heterocycles. The number of methoxy groups -OCH3 is 2. The number of ether oxygens (including phenoxy) is 2. The SMILES string of the molecule is COc1ccc(-c2nc(CC(=O)NCc3ccccn3)cs2)cc1OC. The minimum absolute atomic E-state index is 0.0835. The Hall–Kier alpha value is -2.93. The smallest absolute Gasteiger partial charge is 0.226 e. The number of aromatic nitrogens is 2. The molecule has 0 aliphatic rings. The summed E-state index contributed by atoms with van der Waals surface area (Å²) in [5, 5.41) is 5.58. The van der Waals surface area contributed by atoms with Crippen LogP contribution in [0.25, 0.3) is 10.6 Å². The van der Waals surface area contributed by atoms with Gasteiger partial charge in [-0.05, 0) is 30.3 Å². The molecule has 6 nitrogen and oxygen atoms in total. The third-order valence-corrected chi connectivity index (χ3v) is 4.66. The minimum atomic E-state index is -0.0835. The van der Waals surface area contributed by atoms with E-state index in [1.54, 1.807) is 20.4 Å². The Morgan fingerprint density at radius 1 is 1.12 bits per heavy atom. The maximum absolute atomic E-state index is 12.1. The van der Waals surface area contributed by atoms with Crippen LogP contribution in [0, 0.1) is 0 Å². The molecule has 0 fully saturated rings. The van der Waals surface area contributed by atoms with E-state index >= 15 is 0 Å². The number of thiazole rings is 1. The maximum atomic E-state index is 12.1. The van der Waals surface area contributed by atoms with E-state index in [9.17, 15) is 4.79 Å². The molecular formula is C19H19N3O3S. The molecule has 26 heavy (non-hydrogen) atoms. The van der Waals surface area contributed by atoms with E-state index < -0.39 is 0 Å². The van der Waals surface area contributed by atoms with Gasteiger partial charge in [-0.15, -0.1) is 11.3 Å². The highest BCUT2D eigenvalue weighted by molar-refractivity contribution is 7.13. The van der Waals surface area contributed by atoms with Crippen LogP contribution in [0.1, 0.15) is 11.4 Å². The maximum Gasteiger partial charge on any atom is 0.226 e. The number of benzene rings is 1. The van der Waals surface area contributed by atoms with Crippen molar-refractivity contribution in [3.8, 4) is 22.1 Å². The fraction of sp³-hybridized carbons (Fsp3) is 0.211. The molecule has 2 heterocycles. The quantitative estimate of drug-likeness (QED) is 0.693. The predicted molar refractivity (Wildman–Crippen MR) is 100 cm³/mol. The normalized spacial score (nSPS) is 10.4. The van der Waals surface area contributed by atoms with E-state index in [1.807, 2.05) is 41.8 Å². The molecule has 0 aliphatic carbocycles. The van der Waals surface area contributed by atoms with Crippen molar-refractivity contribution in [1.29, 1.82) is 0 Å². The van der Waals surface area contributed by atoms with E-state index in [1.165, 1.54) is 11.3 Å². The van der Waals surface area contributed by atoms with Gasteiger partial charge in [0.2, 0.25) is 5.91 Å². The van der Waals surface area contributed by atoms with Crippen LogP contribution < -0.4 is 14.8 Å². The lowest BCUT2D eigenvalue weighted by Crippen LogP contribution is -2.25. The van der Waals surface area contributed by atoms with Gasteiger partial charge in [-0.2, -0.15) is 0 Å². The van der Waals surface area contributed by atoms with Gasteiger partial charge in [-0.25, -0.2) is 4.98 Å². The molecule has 3 aromatic rings. The Morgan fingerprint density at radius 2 is 1.96 bits per heavy atom. The average Bonchev–Trinajstić information content (AvgIpc) is 3.15. The molecule has 0 unspecified atom stereocenters.